The van der Waals surface area contributed by atoms with E-state index in [1.54, 1.807) is 7.05 Å². The molecule has 2 aliphatic rings. The highest BCUT2D eigenvalue weighted by atomic mass is 16.4. The summed E-state index contributed by atoms with van der Waals surface area (Å²) in [7, 11) is 1.65. The van der Waals surface area contributed by atoms with Crippen molar-refractivity contribution >= 4 is 12.0 Å². The highest BCUT2D eigenvalue weighted by Gasteiger charge is 2.40. The van der Waals surface area contributed by atoms with E-state index in [2.05, 4.69) is 10.2 Å². The standard InChI is InChI=1S/C14H25N3O3/c1-3-15-13(18)9-17-10-5-4-6-11(17)8-12(7-10)16(2)14(19)20/h10-12H,3-9H2,1-2H3,(H,15,18)(H,19,20)/t10-,11+,12+. The molecule has 6 nitrogen and oxygen atoms in total. The summed E-state index contributed by atoms with van der Waals surface area (Å²) in [4.78, 5) is 26.7. The van der Waals surface area contributed by atoms with Gasteiger partial charge in [-0.15, -0.1) is 0 Å². The molecule has 2 bridgehead atoms. The Morgan fingerprint density at radius 2 is 1.90 bits per heavy atom. The average Bonchev–Trinajstić information content (AvgIpc) is 2.37. The SMILES string of the molecule is CCNC(=O)CN1[C@@H]2CCC[C@H]1C[C@@H](N(C)C(=O)O)C2. The van der Waals surface area contributed by atoms with Crippen molar-refractivity contribution in [3.63, 3.8) is 0 Å². The van der Waals surface area contributed by atoms with Crippen LogP contribution in [0.4, 0.5) is 4.79 Å². The zero-order valence-corrected chi connectivity index (χ0v) is 12.3. The Morgan fingerprint density at radius 3 is 2.40 bits per heavy atom. The van der Waals surface area contributed by atoms with E-state index in [-0.39, 0.29) is 11.9 Å². The molecule has 0 aliphatic carbocycles. The van der Waals surface area contributed by atoms with Crippen LogP contribution in [0.1, 0.15) is 39.0 Å². The molecule has 3 atom stereocenters. The molecular formula is C14H25N3O3. The lowest BCUT2D eigenvalue weighted by molar-refractivity contribution is -0.125. The largest absolute Gasteiger partial charge is 0.465 e. The van der Waals surface area contributed by atoms with Crippen LogP contribution in [0.3, 0.4) is 0 Å². The van der Waals surface area contributed by atoms with Crippen LogP contribution in [0.25, 0.3) is 0 Å². The second-order valence-corrected chi connectivity index (χ2v) is 5.88. The molecule has 2 saturated heterocycles. The Labute approximate surface area is 120 Å². The summed E-state index contributed by atoms with van der Waals surface area (Å²) in [5.41, 5.74) is 0. The zero-order valence-electron chi connectivity index (χ0n) is 12.3. The molecule has 2 N–H and O–H groups in total. The maximum absolute atomic E-state index is 11.8. The number of likely N-dealkylation sites (N-methyl/N-ethyl adjacent to an activating group) is 1. The van der Waals surface area contributed by atoms with Crippen molar-refractivity contribution in [1.29, 1.82) is 0 Å². The lowest BCUT2D eigenvalue weighted by Crippen LogP contribution is -2.58. The number of nitrogens with one attached hydrogen (secondary N) is 1. The molecule has 6 heteroatoms. The molecule has 0 aromatic rings. The van der Waals surface area contributed by atoms with E-state index in [9.17, 15) is 9.59 Å². The monoisotopic (exact) mass is 283 g/mol. The molecule has 0 unspecified atom stereocenters. The first-order chi connectivity index (χ1) is 9.52. The third kappa shape index (κ3) is 3.23. The molecule has 2 rings (SSSR count). The second kappa shape index (κ2) is 6.43. The van der Waals surface area contributed by atoms with Gasteiger partial charge in [-0.1, -0.05) is 6.42 Å². The molecule has 2 heterocycles. The smallest absolute Gasteiger partial charge is 0.407 e. The van der Waals surface area contributed by atoms with Gasteiger partial charge in [0.15, 0.2) is 0 Å². The van der Waals surface area contributed by atoms with Crippen LogP contribution in [0.2, 0.25) is 0 Å². The van der Waals surface area contributed by atoms with Crippen molar-refractivity contribution in [2.45, 2.75) is 57.2 Å². The minimum atomic E-state index is -0.856. The van der Waals surface area contributed by atoms with Gasteiger partial charge in [0.1, 0.15) is 0 Å². The zero-order chi connectivity index (χ0) is 14.7. The number of carbonyl (C=O) groups is 2. The van der Waals surface area contributed by atoms with Gasteiger partial charge in [0.2, 0.25) is 5.91 Å². The van der Waals surface area contributed by atoms with Gasteiger partial charge in [0, 0.05) is 31.7 Å². The molecule has 0 radical (unpaired) electrons. The normalized spacial score (nSPS) is 29.8. The van der Waals surface area contributed by atoms with Crippen molar-refractivity contribution in [1.82, 2.24) is 15.1 Å². The van der Waals surface area contributed by atoms with Crippen LogP contribution in [0.15, 0.2) is 0 Å². The number of hydrogen-bond acceptors (Lipinski definition) is 3. The molecule has 20 heavy (non-hydrogen) atoms. The molecule has 2 fully saturated rings. The Balaban J connectivity index is 2.00. The van der Waals surface area contributed by atoms with Crippen molar-refractivity contribution < 1.29 is 14.7 Å². The number of nitrogens with zero attached hydrogens (tertiary/aromatic N) is 2. The first-order valence-electron chi connectivity index (χ1n) is 7.51. The second-order valence-electron chi connectivity index (χ2n) is 5.88. The summed E-state index contributed by atoms with van der Waals surface area (Å²) in [6.45, 7) is 3.03. The maximum atomic E-state index is 11.8. The Bertz CT molecular complexity index is 361. The van der Waals surface area contributed by atoms with Crippen LogP contribution in [-0.4, -0.2) is 65.2 Å². The Kier molecular flexibility index (Phi) is 4.86. The first kappa shape index (κ1) is 15.1. The molecule has 0 aromatic heterocycles. The van der Waals surface area contributed by atoms with E-state index in [1.165, 1.54) is 11.3 Å². The van der Waals surface area contributed by atoms with Crippen molar-refractivity contribution in [3.05, 3.63) is 0 Å². The fourth-order valence-corrected chi connectivity index (χ4v) is 3.60. The summed E-state index contributed by atoms with van der Waals surface area (Å²) in [5, 5.41) is 12.0. The van der Waals surface area contributed by atoms with Crippen molar-refractivity contribution in [2.75, 3.05) is 20.1 Å². The molecule has 2 aliphatic heterocycles. The molecule has 0 aromatic carbocycles. The maximum Gasteiger partial charge on any atom is 0.407 e. The number of hydrogen-bond donors (Lipinski definition) is 2. The van der Waals surface area contributed by atoms with E-state index in [4.69, 9.17) is 5.11 Å². The van der Waals surface area contributed by atoms with Gasteiger partial charge < -0.3 is 15.3 Å². The van der Waals surface area contributed by atoms with Gasteiger partial charge in [-0.3, -0.25) is 9.69 Å². The van der Waals surface area contributed by atoms with Crippen molar-refractivity contribution in [3.8, 4) is 0 Å². The van der Waals surface area contributed by atoms with Gasteiger partial charge in [-0.05, 0) is 32.6 Å². The summed E-state index contributed by atoms with van der Waals surface area (Å²) < 4.78 is 0. The Hall–Kier alpha value is -1.30. The number of carboxylic acid groups (broad SMARTS) is 1. The number of amides is 2. The third-order valence-electron chi connectivity index (χ3n) is 4.65. The fourth-order valence-electron chi connectivity index (χ4n) is 3.60. The number of piperidine rings is 2. The lowest BCUT2D eigenvalue weighted by Gasteiger charge is -2.49. The van der Waals surface area contributed by atoms with Crippen LogP contribution in [0, 0.1) is 0 Å². The molecule has 2 amide bonds. The lowest BCUT2D eigenvalue weighted by atomic mass is 9.81. The van der Waals surface area contributed by atoms with E-state index in [0.29, 0.717) is 25.2 Å². The predicted octanol–water partition coefficient (Wildman–Crippen LogP) is 1.12. The molecular weight excluding hydrogens is 258 g/mol. The predicted molar refractivity (Wildman–Crippen MR) is 75.6 cm³/mol. The number of fused-ring (bicyclic) bond motifs is 2. The van der Waals surface area contributed by atoms with E-state index >= 15 is 0 Å². The van der Waals surface area contributed by atoms with E-state index < -0.39 is 6.09 Å². The van der Waals surface area contributed by atoms with Crippen LogP contribution < -0.4 is 5.32 Å². The van der Waals surface area contributed by atoms with E-state index in [0.717, 1.165) is 25.7 Å². The fraction of sp³-hybridized carbons (Fsp3) is 0.857. The minimum absolute atomic E-state index is 0.0782. The van der Waals surface area contributed by atoms with Crippen molar-refractivity contribution in [2.24, 2.45) is 0 Å². The highest BCUT2D eigenvalue weighted by Crippen LogP contribution is 2.35. The molecule has 114 valence electrons. The van der Waals surface area contributed by atoms with E-state index in [1.807, 2.05) is 6.92 Å². The number of rotatable bonds is 4. The molecule has 0 saturated carbocycles. The topological polar surface area (TPSA) is 72.9 Å². The summed E-state index contributed by atoms with van der Waals surface area (Å²) >= 11 is 0. The van der Waals surface area contributed by atoms with Gasteiger partial charge in [-0.25, -0.2) is 4.79 Å². The Morgan fingerprint density at radius 1 is 1.30 bits per heavy atom. The number of carbonyl (C=O) groups excluding carboxylic acids is 1. The summed E-state index contributed by atoms with van der Waals surface area (Å²) in [6, 6.07) is 0.780. The van der Waals surface area contributed by atoms with Gasteiger partial charge in [-0.2, -0.15) is 0 Å². The third-order valence-corrected chi connectivity index (χ3v) is 4.65. The van der Waals surface area contributed by atoms with Gasteiger partial charge in [0.05, 0.1) is 6.54 Å². The summed E-state index contributed by atoms with van der Waals surface area (Å²) in [5.74, 6) is 0.0782. The molecule has 0 spiro atoms. The quantitative estimate of drug-likeness (QED) is 0.811. The van der Waals surface area contributed by atoms with Gasteiger partial charge in [0.25, 0.3) is 0 Å². The van der Waals surface area contributed by atoms with Crippen LogP contribution >= 0.6 is 0 Å². The van der Waals surface area contributed by atoms with Crippen LogP contribution in [0.5, 0.6) is 0 Å². The highest BCUT2D eigenvalue weighted by molar-refractivity contribution is 5.78. The minimum Gasteiger partial charge on any atom is -0.465 e. The van der Waals surface area contributed by atoms with Gasteiger partial charge >= 0.3 is 6.09 Å². The summed E-state index contributed by atoms with van der Waals surface area (Å²) in [6.07, 6.45) is 4.16. The van der Waals surface area contributed by atoms with Crippen LogP contribution in [-0.2, 0) is 4.79 Å². The first-order valence-corrected chi connectivity index (χ1v) is 7.51. The average molecular weight is 283 g/mol.